The van der Waals surface area contributed by atoms with E-state index in [0.29, 0.717) is 10.6 Å². The lowest BCUT2D eigenvalue weighted by Crippen LogP contribution is -2.30. The molecule has 0 bridgehead atoms. The number of nitrogens with zero attached hydrogens (tertiary/aromatic N) is 2. The monoisotopic (exact) mass is 380 g/mol. The largest absolute Gasteiger partial charge is 0.348 e. The highest BCUT2D eigenvalue weighted by atomic mass is 32.1. The quantitative estimate of drug-likeness (QED) is 0.625. The van der Waals surface area contributed by atoms with Gasteiger partial charge in [-0.25, -0.2) is 0 Å². The topological polar surface area (TPSA) is 62.7 Å². The molecule has 1 amide bonds. The molecule has 1 heterocycles. The number of rotatable bonds is 6. The van der Waals surface area contributed by atoms with Gasteiger partial charge in [-0.15, -0.1) is 0 Å². The molecule has 2 N–H and O–H groups in total. The molecular formula is C21H24N4OS. The van der Waals surface area contributed by atoms with Crippen molar-refractivity contribution in [3.05, 3.63) is 70.0 Å². The molecule has 0 saturated heterocycles. The standard InChI is InChI=1S/C21H24N4OS/c1-4-16-8-10-17(11-9-16)15(3)22-19(26)13-25-20(23-24-21(25)27)18-7-5-6-14(2)12-18/h5-12,15H,4,13H2,1-3H3,(H,22,26)(H,24,27). The Bertz CT molecular complexity index is 988. The van der Waals surface area contributed by atoms with Crippen molar-refractivity contribution in [1.29, 1.82) is 0 Å². The zero-order chi connectivity index (χ0) is 19.4. The first kappa shape index (κ1) is 19.0. The van der Waals surface area contributed by atoms with Gasteiger partial charge in [0, 0.05) is 5.56 Å². The highest BCUT2D eigenvalue weighted by Gasteiger charge is 2.15. The minimum Gasteiger partial charge on any atom is -0.348 e. The summed E-state index contributed by atoms with van der Waals surface area (Å²) in [5, 5.41) is 10.1. The van der Waals surface area contributed by atoms with E-state index in [1.54, 1.807) is 4.57 Å². The summed E-state index contributed by atoms with van der Waals surface area (Å²) in [5.74, 6) is 0.562. The minimum atomic E-state index is -0.103. The van der Waals surface area contributed by atoms with Gasteiger partial charge in [0.05, 0.1) is 6.04 Å². The van der Waals surface area contributed by atoms with Gasteiger partial charge in [0.25, 0.3) is 0 Å². The van der Waals surface area contributed by atoms with Gasteiger partial charge in [0.2, 0.25) is 5.91 Å². The first-order valence-electron chi connectivity index (χ1n) is 9.08. The molecule has 6 heteroatoms. The van der Waals surface area contributed by atoms with E-state index in [0.717, 1.165) is 23.1 Å². The van der Waals surface area contributed by atoms with Crippen molar-refractivity contribution in [1.82, 2.24) is 20.1 Å². The maximum absolute atomic E-state index is 12.6. The lowest BCUT2D eigenvalue weighted by Gasteiger charge is -2.15. The van der Waals surface area contributed by atoms with Crippen LogP contribution in [0.2, 0.25) is 0 Å². The second kappa shape index (κ2) is 8.31. The number of carbonyl (C=O) groups is 1. The Balaban J connectivity index is 1.74. The summed E-state index contributed by atoms with van der Waals surface area (Å²) in [7, 11) is 0. The van der Waals surface area contributed by atoms with Gasteiger partial charge in [-0.3, -0.25) is 14.5 Å². The minimum absolute atomic E-state index is 0.0769. The predicted octanol–water partition coefficient (Wildman–Crippen LogP) is 4.36. The molecule has 0 aliphatic rings. The van der Waals surface area contributed by atoms with Crippen LogP contribution in [0.3, 0.4) is 0 Å². The molecule has 3 rings (SSSR count). The van der Waals surface area contributed by atoms with Crippen LogP contribution >= 0.6 is 12.2 Å². The van der Waals surface area contributed by atoms with E-state index in [4.69, 9.17) is 12.2 Å². The number of aryl methyl sites for hydroxylation is 2. The van der Waals surface area contributed by atoms with Gasteiger partial charge in [-0.2, -0.15) is 5.10 Å². The third-order valence-corrected chi connectivity index (χ3v) is 4.91. The molecule has 1 atom stereocenters. The average Bonchev–Trinajstić information content (AvgIpc) is 3.02. The van der Waals surface area contributed by atoms with Crippen LogP contribution in [-0.2, 0) is 17.8 Å². The third-order valence-electron chi connectivity index (χ3n) is 4.60. The Labute approximate surface area is 164 Å². The zero-order valence-corrected chi connectivity index (χ0v) is 16.6. The Morgan fingerprint density at radius 2 is 2.00 bits per heavy atom. The number of aromatic amines is 1. The van der Waals surface area contributed by atoms with Crippen LogP contribution in [0.4, 0.5) is 0 Å². The van der Waals surface area contributed by atoms with Crippen LogP contribution in [0.5, 0.6) is 0 Å². The summed E-state index contributed by atoms with van der Waals surface area (Å²) in [6, 6.07) is 16.2. The molecule has 0 aliphatic carbocycles. The molecular weight excluding hydrogens is 356 g/mol. The molecule has 0 fully saturated rings. The number of aromatic nitrogens is 3. The number of hydrogen-bond acceptors (Lipinski definition) is 3. The molecule has 0 aliphatic heterocycles. The molecule has 0 radical (unpaired) electrons. The summed E-state index contributed by atoms with van der Waals surface area (Å²) in [6.07, 6.45) is 1.00. The van der Waals surface area contributed by atoms with Crippen LogP contribution in [0.1, 0.15) is 36.6 Å². The maximum Gasteiger partial charge on any atom is 0.240 e. The number of nitrogens with one attached hydrogen (secondary N) is 2. The molecule has 140 valence electrons. The smallest absolute Gasteiger partial charge is 0.240 e. The first-order chi connectivity index (χ1) is 13.0. The van der Waals surface area contributed by atoms with Crippen molar-refractivity contribution >= 4 is 18.1 Å². The van der Waals surface area contributed by atoms with Crippen molar-refractivity contribution < 1.29 is 4.79 Å². The molecule has 0 saturated carbocycles. The van der Waals surface area contributed by atoms with Gasteiger partial charge < -0.3 is 5.32 Å². The van der Waals surface area contributed by atoms with E-state index in [2.05, 4.69) is 46.7 Å². The summed E-state index contributed by atoms with van der Waals surface area (Å²) < 4.78 is 2.16. The molecule has 5 nitrogen and oxygen atoms in total. The molecule has 2 aromatic carbocycles. The fourth-order valence-corrected chi connectivity index (χ4v) is 3.22. The lowest BCUT2D eigenvalue weighted by molar-refractivity contribution is -0.122. The first-order valence-corrected chi connectivity index (χ1v) is 9.49. The van der Waals surface area contributed by atoms with Crippen LogP contribution < -0.4 is 5.32 Å². The van der Waals surface area contributed by atoms with Crippen molar-refractivity contribution in [3.63, 3.8) is 0 Å². The van der Waals surface area contributed by atoms with Crippen molar-refractivity contribution in [3.8, 4) is 11.4 Å². The third kappa shape index (κ3) is 4.52. The number of carbonyl (C=O) groups excluding carboxylic acids is 1. The summed E-state index contributed by atoms with van der Waals surface area (Å²) in [5.41, 5.74) is 4.42. The van der Waals surface area contributed by atoms with Gasteiger partial charge in [-0.1, -0.05) is 55.0 Å². The average molecular weight is 381 g/mol. The Morgan fingerprint density at radius 3 is 2.67 bits per heavy atom. The van der Waals surface area contributed by atoms with Gasteiger partial charge in [0.1, 0.15) is 6.54 Å². The maximum atomic E-state index is 12.6. The van der Waals surface area contributed by atoms with E-state index in [9.17, 15) is 4.79 Å². The lowest BCUT2D eigenvalue weighted by atomic mass is 10.1. The SMILES string of the molecule is CCc1ccc(C(C)NC(=O)Cn2c(-c3cccc(C)c3)n[nH]c2=S)cc1. The normalized spacial score (nSPS) is 12.0. The summed E-state index contributed by atoms with van der Waals surface area (Å²) >= 11 is 5.32. The van der Waals surface area contributed by atoms with E-state index in [1.807, 2.05) is 38.1 Å². The van der Waals surface area contributed by atoms with Gasteiger partial charge in [0.15, 0.2) is 10.6 Å². The predicted molar refractivity (Wildman–Crippen MR) is 110 cm³/mol. The van der Waals surface area contributed by atoms with Crippen molar-refractivity contribution in [2.75, 3.05) is 0 Å². The zero-order valence-electron chi connectivity index (χ0n) is 15.8. The second-order valence-corrected chi connectivity index (χ2v) is 7.08. The van der Waals surface area contributed by atoms with Crippen LogP contribution in [0.25, 0.3) is 11.4 Å². The summed E-state index contributed by atoms with van der Waals surface area (Å²) in [6.45, 7) is 6.25. The molecule has 1 aromatic heterocycles. The van der Waals surface area contributed by atoms with E-state index in [1.165, 1.54) is 5.56 Å². The molecule has 0 spiro atoms. The fourth-order valence-electron chi connectivity index (χ4n) is 3.02. The van der Waals surface area contributed by atoms with Gasteiger partial charge in [-0.05, 0) is 49.7 Å². The number of hydrogen-bond donors (Lipinski definition) is 2. The summed E-state index contributed by atoms with van der Waals surface area (Å²) in [4.78, 5) is 12.6. The highest BCUT2D eigenvalue weighted by molar-refractivity contribution is 7.71. The highest BCUT2D eigenvalue weighted by Crippen LogP contribution is 2.19. The number of H-pyrrole nitrogens is 1. The Morgan fingerprint density at radius 1 is 1.26 bits per heavy atom. The van der Waals surface area contributed by atoms with Crippen molar-refractivity contribution in [2.45, 2.75) is 39.8 Å². The van der Waals surface area contributed by atoms with Crippen LogP contribution in [0.15, 0.2) is 48.5 Å². The molecule has 3 aromatic rings. The van der Waals surface area contributed by atoms with Gasteiger partial charge >= 0.3 is 0 Å². The van der Waals surface area contributed by atoms with Crippen LogP contribution in [0, 0.1) is 11.7 Å². The second-order valence-electron chi connectivity index (χ2n) is 6.69. The molecule has 27 heavy (non-hydrogen) atoms. The van der Waals surface area contributed by atoms with Crippen molar-refractivity contribution in [2.24, 2.45) is 0 Å². The Hall–Kier alpha value is -2.73. The Kier molecular flexibility index (Phi) is 5.86. The van der Waals surface area contributed by atoms with Crippen LogP contribution in [-0.4, -0.2) is 20.7 Å². The number of amides is 1. The van der Waals surface area contributed by atoms with E-state index < -0.39 is 0 Å². The van der Waals surface area contributed by atoms with E-state index in [-0.39, 0.29) is 18.5 Å². The van der Waals surface area contributed by atoms with E-state index >= 15 is 0 Å². The number of benzene rings is 2. The fraction of sp³-hybridized carbons (Fsp3) is 0.286. The molecule has 1 unspecified atom stereocenters.